The normalized spacial score (nSPS) is 10.9. The van der Waals surface area contributed by atoms with Gasteiger partial charge < -0.3 is 20.3 Å². The molecular formula is C19H24Cl3N3O5S. The number of para-hydroxylation sites is 1. The Morgan fingerprint density at radius 1 is 1.13 bits per heavy atom. The molecule has 3 N–H and O–H groups in total. The van der Waals surface area contributed by atoms with E-state index < -0.39 is 10.0 Å². The number of fused-ring (bicyclic) bond motifs is 1. The largest absolute Gasteiger partial charge is 0.487 e. The van der Waals surface area contributed by atoms with Gasteiger partial charge in [-0.1, -0.05) is 29.3 Å². The number of benzene rings is 2. The van der Waals surface area contributed by atoms with Crippen molar-refractivity contribution in [3.63, 3.8) is 0 Å². The highest BCUT2D eigenvalue weighted by atomic mass is 35.5. The maximum Gasteiger partial charge on any atom is 0.251 e. The van der Waals surface area contributed by atoms with E-state index in [1.54, 1.807) is 50.2 Å². The van der Waals surface area contributed by atoms with Crippen LogP contribution in [0.3, 0.4) is 0 Å². The minimum absolute atomic E-state index is 0. The Morgan fingerprint density at radius 3 is 2.23 bits per heavy atom. The molecule has 0 aliphatic carbocycles. The summed E-state index contributed by atoms with van der Waals surface area (Å²) in [6.07, 6.45) is 0.891. The molecule has 3 rings (SSSR count). The summed E-state index contributed by atoms with van der Waals surface area (Å²) in [5.74, 6) is 0.502. The van der Waals surface area contributed by atoms with E-state index in [4.69, 9.17) is 43.5 Å². The molecule has 3 aromatic rings. The number of rotatable bonds is 6. The molecule has 0 aliphatic heterocycles. The van der Waals surface area contributed by atoms with Gasteiger partial charge in [-0.2, -0.15) is 4.09 Å². The van der Waals surface area contributed by atoms with Gasteiger partial charge in [0.1, 0.15) is 13.2 Å². The lowest BCUT2D eigenvalue weighted by Gasteiger charge is -2.09. The van der Waals surface area contributed by atoms with Crippen LogP contribution in [0.15, 0.2) is 36.4 Å². The number of nitrogens with zero attached hydrogens (tertiary/aromatic N) is 2. The van der Waals surface area contributed by atoms with Crippen molar-refractivity contribution >= 4 is 62.2 Å². The van der Waals surface area contributed by atoms with Gasteiger partial charge in [0.15, 0.2) is 5.75 Å². The Kier molecular flexibility index (Phi) is 10.2. The number of anilines is 1. The van der Waals surface area contributed by atoms with Crippen LogP contribution in [0.2, 0.25) is 10.0 Å². The van der Waals surface area contributed by atoms with Gasteiger partial charge in [-0.3, -0.25) is 0 Å². The highest BCUT2D eigenvalue weighted by Crippen LogP contribution is 2.32. The van der Waals surface area contributed by atoms with Crippen molar-refractivity contribution in [3.8, 4) is 11.6 Å². The van der Waals surface area contributed by atoms with Crippen LogP contribution in [0.4, 0.5) is 5.69 Å². The molecule has 2 aromatic carbocycles. The molecule has 31 heavy (non-hydrogen) atoms. The first kappa shape index (κ1) is 27.1. The average molecular weight is 513 g/mol. The van der Waals surface area contributed by atoms with Gasteiger partial charge >= 0.3 is 0 Å². The number of aromatic nitrogens is 2. The third-order valence-corrected chi connectivity index (χ3v) is 4.94. The van der Waals surface area contributed by atoms with E-state index in [2.05, 4.69) is 5.10 Å². The monoisotopic (exact) mass is 511 g/mol. The molecule has 0 fully saturated rings. The molecule has 0 atom stereocenters. The van der Waals surface area contributed by atoms with Gasteiger partial charge in [-0.05, 0) is 44.2 Å². The standard InChI is InChI=1S/C16H15Cl2N3O4S.C3H8O.ClH/c1-26(22,23)21-14-6-5-10(19)9-11(14)16(20-21)25-8-7-24-15-12(17)3-2-4-13(15)18;1-3(2)4;/h2-6,9H,7-8,19H2,1H3;3-4H,1-2H3;1H. The first-order valence-electron chi connectivity index (χ1n) is 8.87. The summed E-state index contributed by atoms with van der Waals surface area (Å²) in [6.45, 7) is 3.69. The number of nitrogens with two attached hydrogens (primary N) is 1. The lowest BCUT2D eigenvalue weighted by Crippen LogP contribution is -2.13. The second-order valence-corrected chi connectivity index (χ2v) is 9.16. The van der Waals surface area contributed by atoms with Crippen LogP contribution in [0.1, 0.15) is 13.8 Å². The number of hydrogen-bond donors (Lipinski definition) is 2. The van der Waals surface area contributed by atoms with Crippen LogP contribution in [-0.4, -0.2) is 48.3 Å². The van der Waals surface area contributed by atoms with E-state index in [0.29, 0.717) is 32.4 Å². The van der Waals surface area contributed by atoms with Crippen LogP contribution in [-0.2, 0) is 10.0 Å². The maximum absolute atomic E-state index is 11.9. The fraction of sp³-hybridized carbons (Fsp3) is 0.316. The second kappa shape index (κ2) is 11.6. The quantitative estimate of drug-likeness (QED) is 0.379. The summed E-state index contributed by atoms with van der Waals surface area (Å²) >= 11 is 12.1. The predicted molar refractivity (Wildman–Crippen MR) is 126 cm³/mol. The third kappa shape index (κ3) is 7.62. The van der Waals surface area contributed by atoms with Crippen molar-refractivity contribution in [2.24, 2.45) is 0 Å². The average Bonchev–Trinajstić information content (AvgIpc) is 2.98. The molecule has 0 saturated heterocycles. The van der Waals surface area contributed by atoms with Crippen LogP contribution < -0.4 is 15.2 Å². The van der Waals surface area contributed by atoms with E-state index in [0.717, 1.165) is 10.3 Å². The first-order chi connectivity index (χ1) is 14.0. The van der Waals surface area contributed by atoms with Gasteiger partial charge in [0, 0.05) is 11.8 Å². The molecule has 172 valence electrons. The number of nitrogen functional groups attached to an aromatic ring is 1. The van der Waals surface area contributed by atoms with E-state index >= 15 is 0 Å². The van der Waals surface area contributed by atoms with Crippen LogP contribution in [0.5, 0.6) is 11.6 Å². The van der Waals surface area contributed by atoms with Crippen molar-refractivity contribution in [2.45, 2.75) is 20.0 Å². The number of ether oxygens (including phenoxy) is 2. The molecule has 1 heterocycles. The Balaban J connectivity index is 0.000000885. The lowest BCUT2D eigenvalue weighted by molar-refractivity contribution is 0.213. The minimum atomic E-state index is -3.59. The van der Waals surface area contributed by atoms with Crippen LogP contribution in [0.25, 0.3) is 10.9 Å². The van der Waals surface area contributed by atoms with Crippen molar-refractivity contribution in [3.05, 3.63) is 46.4 Å². The lowest BCUT2D eigenvalue weighted by atomic mass is 10.2. The number of hydrogen-bond acceptors (Lipinski definition) is 7. The minimum Gasteiger partial charge on any atom is -0.487 e. The molecule has 1 aromatic heterocycles. The Morgan fingerprint density at radius 2 is 1.68 bits per heavy atom. The van der Waals surface area contributed by atoms with Gasteiger partial charge in [-0.15, -0.1) is 17.5 Å². The fourth-order valence-corrected chi connectivity index (χ4v) is 3.59. The van der Waals surface area contributed by atoms with Crippen molar-refractivity contribution < 1.29 is 23.0 Å². The Hall–Kier alpha value is -1.91. The predicted octanol–water partition coefficient (Wildman–Crippen LogP) is 4.00. The van der Waals surface area contributed by atoms with E-state index in [-0.39, 0.29) is 37.6 Å². The van der Waals surface area contributed by atoms with Gasteiger partial charge in [0.05, 0.1) is 27.2 Å². The van der Waals surface area contributed by atoms with Crippen LogP contribution >= 0.6 is 35.6 Å². The number of halogens is 3. The molecule has 0 bridgehead atoms. The molecule has 0 spiro atoms. The fourth-order valence-electron chi connectivity index (χ4n) is 2.34. The zero-order chi connectivity index (χ0) is 22.5. The van der Waals surface area contributed by atoms with Gasteiger partial charge in [-0.25, -0.2) is 8.42 Å². The third-order valence-electron chi connectivity index (χ3n) is 3.44. The molecular weight excluding hydrogens is 489 g/mol. The highest BCUT2D eigenvalue weighted by molar-refractivity contribution is 7.89. The zero-order valence-electron chi connectivity index (χ0n) is 17.1. The first-order valence-corrected chi connectivity index (χ1v) is 11.5. The molecule has 12 heteroatoms. The van der Waals surface area contributed by atoms with Gasteiger partial charge in [0.25, 0.3) is 10.0 Å². The molecule has 0 radical (unpaired) electrons. The summed E-state index contributed by atoms with van der Waals surface area (Å²) in [5, 5.41) is 13.3. The summed E-state index contributed by atoms with van der Waals surface area (Å²) in [4.78, 5) is 0. The zero-order valence-corrected chi connectivity index (χ0v) is 20.2. The summed E-state index contributed by atoms with van der Waals surface area (Å²) in [7, 11) is -3.59. The Labute approximate surface area is 197 Å². The topological polar surface area (TPSA) is 117 Å². The van der Waals surface area contributed by atoms with Gasteiger partial charge in [0.2, 0.25) is 5.88 Å². The SMILES string of the molecule is CC(C)O.CS(=O)(=O)n1nc(OCCOc2c(Cl)cccc2Cl)c2cc(N)ccc21.Cl. The summed E-state index contributed by atoms with van der Waals surface area (Å²) in [5.41, 5.74) is 6.63. The van der Waals surface area contributed by atoms with Crippen molar-refractivity contribution in [2.75, 3.05) is 25.2 Å². The number of aliphatic hydroxyl groups excluding tert-OH is 1. The smallest absolute Gasteiger partial charge is 0.251 e. The van der Waals surface area contributed by atoms with E-state index in [1.165, 1.54) is 0 Å². The summed E-state index contributed by atoms with van der Waals surface area (Å²) < 4.78 is 35.8. The highest BCUT2D eigenvalue weighted by Gasteiger charge is 2.18. The molecule has 0 saturated carbocycles. The van der Waals surface area contributed by atoms with E-state index in [9.17, 15) is 8.42 Å². The molecule has 0 unspecified atom stereocenters. The van der Waals surface area contributed by atoms with E-state index in [1.807, 2.05) is 0 Å². The molecule has 0 aliphatic rings. The molecule has 8 nitrogen and oxygen atoms in total. The maximum atomic E-state index is 11.9. The summed E-state index contributed by atoms with van der Waals surface area (Å²) in [6, 6.07) is 9.80. The van der Waals surface area contributed by atoms with Crippen molar-refractivity contribution in [1.82, 2.24) is 9.19 Å². The van der Waals surface area contributed by atoms with Crippen molar-refractivity contribution in [1.29, 1.82) is 0 Å². The second-order valence-electron chi connectivity index (χ2n) is 6.53. The number of aliphatic hydroxyl groups is 1. The van der Waals surface area contributed by atoms with Crippen LogP contribution in [0, 0.1) is 0 Å². The Bertz CT molecular complexity index is 1100. The molecule has 0 amide bonds.